The molecule has 0 bridgehead atoms. The van der Waals surface area contributed by atoms with Gasteiger partial charge in [0, 0.05) is 6.42 Å². The highest BCUT2D eigenvalue weighted by atomic mass is 16.7. The number of carbonyl (C=O) groups excluding carboxylic acids is 1. The molecular formula is C22H34BNO8. The third-order valence-corrected chi connectivity index (χ3v) is 5.57. The molecule has 1 amide bonds. The molecule has 9 nitrogen and oxygen atoms in total. The Morgan fingerprint density at radius 3 is 2.00 bits per heavy atom. The van der Waals surface area contributed by atoms with Gasteiger partial charge >= 0.3 is 19.2 Å². The van der Waals surface area contributed by atoms with Gasteiger partial charge in [0.25, 0.3) is 0 Å². The van der Waals surface area contributed by atoms with E-state index in [0.29, 0.717) is 22.5 Å². The summed E-state index contributed by atoms with van der Waals surface area (Å²) in [6.45, 7) is 12.8. The summed E-state index contributed by atoms with van der Waals surface area (Å²) in [6.07, 6.45) is -0.864. The van der Waals surface area contributed by atoms with Gasteiger partial charge in [0.15, 0.2) is 11.5 Å². The molecule has 0 radical (unpaired) electrons. The van der Waals surface area contributed by atoms with Crippen LogP contribution in [-0.2, 0) is 25.3 Å². The number of methoxy groups -OCH3 is 2. The van der Waals surface area contributed by atoms with Gasteiger partial charge < -0.3 is 33.9 Å². The highest BCUT2D eigenvalue weighted by Crippen LogP contribution is 2.38. The Balaban J connectivity index is 2.44. The van der Waals surface area contributed by atoms with Gasteiger partial charge in [-0.05, 0) is 71.6 Å². The summed E-state index contributed by atoms with van der Waals surface area (Å²) in [6, 6.07) is 2.14. The molecule has 1 aliphatic rings. The number of carboxylic acid groups (broad SMARTS) is 1. The highest BCUT2D eigenvalue weighted by molar-refractivity contribution is 6.62. The molecule has 1 aromatic carbocycles. The van der Waals surface area contributed by atoms with E-state index in [0.717, 1.165) is 0 Å². The normalized spacial score (nSPS) is 18.1. The first-order chi connectivity index (χ1) is 14.6. The number of nitrogens with one attached hydrogen (secondary N) is 1. The van der Waals surface area contributed by atoms with Gasteiger partial charge in [-0.2, -0.15) is 0 Å². The molecule has 1 heterocycles. The molecule has 32 heavy (non-hydrogen) atoms. The van der Waals surface area contributed by atoms with Crippen LogP contribution in [0.4, 0.5) is 4.79 Å². The number of carboxylic acids is 1. The first kappa shape index (κ1) is 25.8. The average molecular weight is 451 g/mol. The largest absolute Gasteiger partial charge is 0.495 e. The molecule has 2 N–H and O–H groups in total. The van der Waals surface area contributed by atoms with E-state index in [1.165, 1.54) is 14.2 Å². The van der Waals surface area contributed by atoms with Crippen LogP contribution in [0.1, 0.15) is 54.0 Å². The Hall–Kier alpha value is -2.46. The lowest BCUT2D eigenvalue weighted by Crippen LogP contribution is -2.46. The second kappa shape index (κ2) is 9.19. The number of amides is 1. The van der Waals surface area contributed by atoms with Crippen molar-refractivity contribution in [1.29, 1.82) is 0 Å². The number of alkyl carbamates (subject to hydrolysis) is 1. The Morgan fingerprint density at radius 2 is 1.56 bits per heavy atom. The van der Waals surface area contributed by atoms with Gasteiger partial charge in [-0.15, -0.1) is 0 Å². The fourth-order valence-electron chi connectivity index (χ4n) is 3.17. The first-order valence-corrected chi connectivity index (χ1v) is 10.4. The van der Waals surface area contributed by atoms with Gasteiger partial charge in [0.2, 0.25) is 0 Å². The third kappa shape index (κ3) is 5.86. The monoisotopic (exact) mass is 451 g/mol. The standard InChI is InChI=1S/C22H34BNO8/c1-20(2,3)30-19(27)24-15(18(25)26)10-13-11-16(28-8)17(29-9)12-14(13)23-31-21(4,5)22(6,7)32-23/h11-12,15H,10H2,1-9H3,(H,24,27)(H,25,26)/t15-/m0/s1. The number of ether oxygens (including phenoxy) is 3. The topological polar surface area (TPSA) is 113 Å². The molecule has 1 atom stereocenters. The molecule has 1 aliphatic heterocycles. The van der Waals surface area contributed by atoms with E-state index in [1.54, 1.807) is 32.9 Å². The van der Waals surface area contributed by atoms with E-state index in [9.17, 15) is 14.7 Å². The summed E-state index contributed by atoms with van der Waals surface area (Å²) in [4.78, 5) is 24.1. The van der Waals surface area contributed by atoms with Gasteiger partial charge in [0.1, 0.15) is 11.6 Å². The van der Waals surface area contributed by atoms with Crippen LogP contribution in [0.5, 0.6) is 11.5 Å². The number of aliphatic carboxylic acids is 1. The van der Waals surface area contributed by atoms with Crippen LogP contribution in [-0.4, -0.2) is 61.4 Å². The van der Waals surface area contributed by atoms with Crippen LogP contribution in [0.15, 0.2) is 12.1 Å². The van der Waals surface area contributed by atoms with Crippen LogP contribution in [0.25, 0.3) is 0 Å². The van der Waals surface area contributed by atoms with Crippen LogP contribution < -0.4 is 20.3 Å². The van der Waals surface area contributed by atoms with Crippen molar-refractivity contribution in [3.05, 3.63) is 17.7 Å². The lowest BCUT2D eigenvalue weighted by molar-refractivity contribution is -0.139. The molecule has 1 saturated heterocycles. The lowest BCUT2D eigenvalue weighted by Gasteiger charge is -2.32. The van der Waals surface area contributed by atoms with Crippen molar-refractivity contribution in [3.8, 4) is 11.5 Å². The van der Waals surface area contributed by atoms with E-state index < -0.39 is 42.0 Å². The molecule has 0 unspecified atom stereocenters. The van der Waals surface area contributed by atoms with E-state index >= 15 is 0 Å². The molecule has 10 heteroatoms. The van der Waals surface area contributed by atoms with Crippen molar-refractivity contribution >= 4 is 24.6 Å². The van der Waals surface area contributed by atoms with Crippen molar-refractivity contribution in [3.63, 3.8) is 0 Å². The smallest absolute Gasteiger partial charge is 0.493 e. The number of benzene rings is 1. The first-order valence-electron chi connectivity index (χ1n) is 10.4. The molecule has 0 spiro atoms. The maximum absolute atomic E-state index is 12.2. The van der Waals surface area contributed by atoms with Crippen molar-refractivity contribution in [2.24, 2.45) is 0 Å². The number of hydrogen-bond donors (Lipinski definition) is 2. The van der Waals surface area contributed by atoms with Crippen molar-refractivity contribution in [2.45, 2.75) is 77.7 Å². The zero-order chi connectivity index (χ0) is 24.5. The van der Waals surface area contributed by atoms with Gasteiger partial charge in [0.05, 0.1) is 25.4 Å². The Morgan fingerprint density at radius 1 is 1.06 bits per heavy atom. The Bertz CT molecular complexity index is 846. The summed E-state index contributed by atoms with van der Waals surface area (Å²) >= 11 is 0. The summed E-state index contributed by atoms with van der Waals surface area (Å²) < 4.78 is 28.4. The summed E-state index contributed by atoms with van der Waals surface area (Å²) in [7, 11) is 2.24. The van der Waals surface area contributed by atoms with Gasteiger partial charge in [-0.1, -0.05) is 0 Å². The quantitative estimate of drug-likeness (QED) is 0.609. The number of carbonyl (C=O) groups is 2. The molecule has 1 fully saturated rings. The minimum Gasteiger partial charge on any atom is -0.493 e. The second-order valence-corrected chi connectivity index (χ2v) is 9.74. The summed E-state index contributed by atoms with van der Waals surface area (Å²) in [5, 5.41) is 12.2. The minimum atomic E-state index is -1.25. The Labute approximate surface area is 189 Å². The van der Waals surface area contributed by atoms with Crippen LogP contribution >= 0.6 is 0 Å². The lowest BCUT2D eigenvalue weighted by atomic mass is 9.74. The molecule has 178 valence electrons. The maximum Gasteiger partial charge on any atom is 0.495 e. The summed E-state index contributed by atoms with van der Waals surface area (Å²) in [5.41, 5.74) is -0.778. The molecule has 0 saturated carbocycles. The number of rotatable bonds is 7. The van der Waals surface area contributed by atoms with Crippen molar-refractivity contribution < 1.29 is 38.2 Å². The molecule has 2 rings (SSSR count). The average Bonchev–Trinajstić information content (AvgIpc) is 2.86. The molecule has 1 aromatic rings. The third-order valence-electron chi connectivity index (χ3n) is 5.57. The van der Waals surface area contributed by atoms with Crippen LogP contribution in [0.3, 0.4) is 0 Å². The van der Waals surface area contributed by atoms with E-state index in [4.69, 9.17) is 23.5 Å². The predicted octanol–water partition coefficient (Wildman–Crippen LogP) is 2.52. The fraction of sp³-hybridized carbons (Fsp3) is 0.636. The van der Waals surface area contributed by atoms with Crippen LogP contribution in [0.2, 0.25) is 0 Å². The van der Waals surface area contributed by atoms with Crippen molar-refractivity contribution in [2.75, 3.05) is 14.2 Å². The van der Waals surface area contributed by atoms with Crippen LogP contribution in [0, 0.1) is 0 Å². The van der Waals surface area contributed by atoms with Crippen molar-refractivity contribution in [1.82, 2.24) is 5.32 Å². The maximum atomic E-state index is 12.2. The minimum absolute atomic E-state index is 0.0473. The fourth-order valence-corrected chi connectivity index (χ4v) is 3.17. The number of hydrogen-bond acceptors (Lipinski definition) is 7. The zero-order valence-electron chi connectivity index (χ0n) is 20.3. The molecule has 0 aromatic heterocycles. The van der Waals surface area contributed by atoms with E-state index in [1.807, 2.05) is 27.7 Å². The zero-order valence-corrected chi connectivity index (χ0v) is 20.3. The second-order valence-electron chi connectivity index (χ2n) is 9.74. The van der Waals surface area contributed by atoms with E-state index in [2.05, 4.69) is 5.32 Å². The summed E-state index contributed by atoms with van der Waals surface area (Å²) in [5.74, 6) is -0.331. The predicted molar refractivity (Wildman–Crippen MR) is 120 cm³/mol. The highest BCUT2D eigenvalue weighted by Gasteiger charge is 2.52. The van der Waals surface area contributed by atoms with Gasteiger partial charge in [-0.25, -0.2) is 9.59 Å². The molecule has 0 aliphatic carbocycles. The SMILES string of the molecule is COc1cc(C[C@H](NC(=O)OC(C)(C)C)C(=O)O)c(B2OC(C)(C)C(C)(C)O2)cc1OC. The van der Waals surface area contributed by atoms with E-state index in [-0.39, 0.29) is 6.42 Å². The van der Waals surface area contributed by atoms with Gasteiger partial charge in [-0.3, -0.25) is 0 Å². The molecular weight excluding hydrogens is 417 g/mol. The Kier molecular flexibility index (Phi) is 7.41.